The van der Waals surface area contributed by atoms with Crippen LogP contribution in [0.4, 0.5) is 10.1 Å². The molecule has 0 atom stereocenters. The van der Waals surface area contributed by atoms with Gasteiger partial charge in [0.15, 0.2) is 0 Å². The van der Waals surface area contributed by atoms with Crippen molar-refractivity contribution >= 4 is 17.5 Å². The zero-order valence-corrected chi connectivity index (χ0v) is 12.3. The molecule has 0 spiro atoms. The van der Waals surface area contributed by atoms with E-state index >= 15 is 0 Å². The summed E-state index contributed by atoms with van der Waals surface area (Å²) in [4.78, 5) is 27.9. The van der Waals surface area contributed by atoms with Gasteiger partial charge in [0.25, 0.3) is 11.8 Å². The third kappa shape index (κ3) is 3.88. The van der Waals surface area contributed by atoms with Crippen LogP contribution in [-0.2, 0) is 0 Å². The molecular weight excluding hydrogens is 285 g/mol. The zero-order chi connectivity index (χ0) is 16.1. The third-order valence-corrected chi connectivity index (χ3v) is 2.80. The van der Waals surface area contributed by atoms with Crippen LogP contribution in [0, 0.1) is 5.82 Å². The average molecular weight is 301 g/mol. The Morgan fingerprint density at radius 3 is 2.55 bits per heavy atom. The lowest BCUT2D eigenvalue weighted by molar-refractivity contribution is 0.0938. The Morgan fingerprint density at radius 1 is 1.14 bits per heavy atom. The predicted octanol–water partition coefficient (Wildman–Crippen LogP) is 2.61. The van der Waals surface area contributed by atoms with Gasteiger partial charge in [-0.3, -0.25) is 14.6 Å². The van der Waals surface area contributed by atoms with E-state index in [0.29, 0.717) is 0 Å². The highest BCUT2D eigenvalue weighted by Gasteiger charge is 2.13. The van der Waals surface area contributed by atoms with Gasteiger partial charge in [-0.2, -0.15) is 0 Å². The highest BCUT2D eigenvalue weighted by Crippen LogP contribution is 2.14. The second kappa shape index (κ2) is 6.80. The number of nitrogens with one attached hydrogen (secondary N) is 2. The molecule has 2 aromatic rings. The molecule has 0 aliphatic heterocycles. The molecule has 6 heteroatoms. The molecule has 0 saturated carbocycles. The number of carbonyl (C=O) groups is 2. The Labute approximate surface area is 127 Å². The van der Waals surface area contributed by atoms with Gasteiger partial charge in [0.05, 0.1) is 5.69 Å². The second-order valence-electron chi connectivity index (χ2n) is 4.99. The highest BCUT2D eigenvalue weighted by molar-refractivity contribution is 6.05. The lowest BCUT2D eigenvalue weighted by Crippen LogP contribution is -2.31. The molecule has 0 unspecified atom stereocenters. The van der Waals surface area contributed by atoms with E-state index in [2.05, 4.69) is 15.6 Å². The maximum atomic E-state index is 13.5. The van der Waals surface area contributed by atoms with Crippen molar-refractivity contribution in [2.75, 3.05) is 5.32 Å². The van der Waals surface area contributed by atoms with E-state index in [1.165, 1.54) is 36.5 Å². The summed E-state index contributed by atoms with van der Waals surface area (Å²) < 4.78 is 13.5. The van der Waals surface area contributed by atoms with Crippen LogP contribution in [0.5, 0.6) is 0 Å². The summed E-state index contributed by atoms with van der Waals surface area (Å²) in [5.74, 6) is -1.40. The van der Waals surface area contributed by atoms with Gasteiger partial charge >= 0.3 is 0 Å². The van der Waals surface area contributed by atoms with E-state index in [1.807, 2.05) is 13.8 Å². The standard InChI is InChI=1S/C16H16FN3O2/c1-10(2)19-16(22)14-9-11(7-8-18-14)15(21)20-13-6-4-3-5-12(13)17/h3-10H,1-2H3,(H,19,22)(H,20,21). The van der Waals surface area contributed by atoms with E-state index in [9.17, 15) is 14.0 Å². The minimum Gasteiger partial charge on any atom is -0.349 e. The van der Waals surface area contributed by atoms with Crippen LogP contribution in [0.3, 0.4) is 0 Å². The zero-order valence-electron chi connectivity index (χ0n) is 12.3. The van der Waals surface area contributed by atoms with Crippen LogP contribution in [0.25, 0.3) is 0 Å². The van der Waals surface area contributed by atoms with Crippen molar-refractivity contribution in [3.8, 4) is 0 Å². The molecule has 0 saturated heterocycles. The summed E-state index contributed by atoms with van der Waals surface area (Å²) in [6.45, 7) is 3.65. The van der Waals surface area contributed by atoms with Gasteiger partial charge in [0, 0.05) is 17.8 Å². The first-order valence-electron chi connectivity index (χ1n) is 6.80. The molecule has 1 aromatic heterocycles. The molecular formula is C16H16FN3O2. The molecule has 2 N–H and O–H groups in total. The Balaban J connectivity index is 2.17. The SMILES string of the molecule is CC(C)NC(=O)c1cc(C(=O)Nc2ccccc2F)ccn1. The number of anilines is 1. The molecule has 0 fully saturated rings. The Kier molecular flexibility index (Phi) is 4.83. The van der Waals surface area contributed by atoms with Gasteiger partial charge in [-0.25, -0.2) is 4.39 Å². The minimum absolute atomic E-state index is 0.0369. The number of rotatable bonds is 4. The van der Waals surface area contributed by atoms with Crippen molar-refractivity contribution < 1.29 is 14.0 Å². The Hall–Kier alpha value is -2.76. The quantitative estimate of drug-likeness (QED) is 0.912. The van der Waals surface area contributed by atoms with Gasteiger partial charge in [0.1, 0.15) is 11.5 Å². The van der Waals surface area contributed by atoms with Crippen LogP contribution in [0.1, 0.15) is 34.7 Å². The number of para-hydroxylation sites is 1. The molecule has 0 aliphatic rings. The number of nitrogens with zero attached hydrogens (tertiary/aromatic N) is 1. The summed E-state index contributed by atoms with van der Waals surface area (Å²) in [7, 11) is 0. The molecule has 1 heterocycles. The van der Waals surface area contributed by atoms with Crippen molar-refractivity contribution in [1.29, 1.82) is 0 Å². The van der Waals surface area contributed by atoms with Crippen LogP contribution < -0.4 is 10.6 Å². The number of amides is 2. The normalized spacial score (nSPS) is 10.4. The fraction of sp³-hybridized carbons (Fsp3) is 0.188. The summed E-state index contributed by atoms with van der Waals surface area (Å²) >= 11 is 0. The smallest absolute Gasteiger partial charge is 0.270 e. The lowest BCUT2D eigenvalue weighted by atomic mass is 10.2. The maximum absolute atomic E-state index is 13.5. The van der Waals surface area contributed by atoms with E-state index in [0.717, 1.165) is 0 Å². The number of carbonyl (C=O) groups excluding carboxylic acids is 2. The molecule has 0 aliphatic carbocycles. The molecule has 114 valence electrons. The number of pyridine rings is 1. The van der Waals surface area contributed by atoms with Gasteiger partial charge in [-0.15, -0.1) is 0 Å². The molecule has 2 rings (SSSR count). The molecule has 1 aromatic carbocycles. The Morgan fingerprint density at radius 2 is 1.86 bits per heavy atom. The van der Waals surface area contributed by atoms with Crippen molar-refractivity contribution in [1.82, 2.24) is 10.3 Å². The third-order valence-electron chi connectivity index (χ3n) is 2.80. The predicted molar refractivity (Wildman–Crippen MR) is 81.2 cm³/mol. The molecule has 0 bridgehead atoms. The number of hydrogen-bond acceptors (Lipinski definition) is 3. The van der Waals surface area contributed by atoms with E-state index in [-0.39, 0.29) is 28.9 Å². The fourth-order valence-electron chi connectivity index (χ4n) is 1.79. The Bertz CT molecular complexity index is 701. The van der Waals surface area contributed by atoms with Crippen molar-refractivity contribution in [3.63, 3.8) is 0 Å². The number of aromatic nitrogens is 1. The molecule has 5 nitrogen and oxygen atoms in total. The lowest BCUT2D eigenvalue weighted by Gasteiger charge is -2.09. The van der Waals surface area contributed by atoms with Gasteiger partial charge in [-0.1, -0.05) is 12.1 Å². The fourth-order valence-corrected chi connectivity index (χ4v) is 1.79. The van der Waals surface area contributed by atoms with Gasteiger partial charge in [0.2, 0.25) is 0 Å². The second-order valence-corrected chi connectivity index (χ2v) is 4.99. The van der Waals surface area contributed by atoms with Gasteiger partial charge in [-0.05, 0) is 38.1 Å². The van der Waals surface area contributed by atoms with Gasteiger partial charge < -0.3 is 10.6 Å². The minimum atomic E-state index is -0.525. The first kappa shape index (κ1) is 15.6. The van der Waals surface area contributed by atoms with Crippen molar-refractivity contribution in [2.45, 2.75) is 19.9 Å². The van der Waals surface area contributed by atoms with Crippen LogP contribution in [0.15, 0.2) is 42.6 Å². The summed E-state index contributed by atoms with van der Waals surface area (Å²) in [6, 6.07) is 8.66. The van der Waals surface area contributed by atoms with Crippen LogP contribution in [-0.4, -0.2) is 22.8 Å². The first-order valence-corrected chi connectivity index (χ1v) is 6.80. The maximum Gasteiger partial charge on any atom is 0.270 e. The monoisotopic (exact) mass is 301 g/mol. The molecule has 2 amide bonds. The number of halogens is 1. The van der Waals surface area contributed by atoms with E-state index < -0.39 is 11.7 Å². The van der Waals surface area contributed by atoms with Crippen molar-refractivity contribution in [3.05, 3.63) is 59.7 Å². The van der Waals surface area contributed by atoms with Crippen molar-refractivity contribution in [2.24, 2.45) is 0 Å². The summed E-state index contributed by atoms with van der Waals surface area (Å²) in [5.41, 5.74) is 0.444. The highest BCUT2D eigenvalue weighted by atomic mass is 19.1. The molecule has 22 heavy (non-hydrogen) atoms. The average Bonchev–Trinajstić information content (AvgIpc) is 2.49. The summed E-state index contributed by atoms with van der Waals surface area (Å²) in [5, 5.41) is 5.15. The first-order chi connectivity index (χ1) is 10.5. The molecule has 0 radical (unpaired) electrons. The largest absolute Gasteiger partial charge is 0.349 e. The topological polar surface area (TPSA) is 71.1 Å². The summed E-state index contributed by atoms with van der Waals surface area (Å²) in [6.07, 6.45) is 1.37. The van der Waals surface area contributed by atoms with Crippen LogP contribution in [0.2, 0.25) is 0 Å². The van der Waals surface area contributed by atoms with E-state index in [1.54, 1.807) is 6.07 Å². The van der Waals surface area contributed by atoms with Crippen LogP contribution >= 0.6 is 0 Å². The number of benzene rings is 1. The van der Waals surface area contributed by atoms with E-state index in [4.69, 9.17) is 0 Å². The number of hydrogen-bond donors (Lipinski definition) is 2.